The molecule has 2 N–H and O–H groups in total. The van der Waals surface area contributed by atoms with Crippen LogP contribution < -0.4 is 10.0 Å². The van der Waals surface area contributed by atoms with Gasteiger partial charge in [-0.15, -0.1) is 11.3 Å². The molecule has 2 rings (SSSR count). The van der Waals surface area contributed by atoms with Crippen molar-refractivity contribution in [2.24, 2.45) is 0 Å². The number of nitrogens with one attached hydrogen (secondary N) is 2. The molecule has 6 nitrogen and oxygen atoms in total. The number of thiophene rings is 1. The average molecular weight is 338 g/mol. The van der Waals surface area contributed by atoms with Crippen LogP contribution in [-0.4, -0.2) is 51.4 Å². The summed E-state index contributed by atoms with van der Waals surface area (Å²) in [6.45, 7) is 3.73. The Kier molecular flexibility index (Phi) is 5.03. The molecule has 0 aromatic carbocycles. The van der Waals surface area contributed by atoms with Gasteiger partial charge in [-0.1, -0.05) is 11.6 Å². The van der Waals surface area contributed by atoms with Gasteiger partial charge in [-0.05, 0) is 19.1 Å². The minimum absolute atomic E-state index is 0.0666. The third kappa shape index (κ3) is 3.70. The van der Waals surface area contributed by atoms with Gasteiger partial charge in [-0.25, -0.2) is 13.1 Å². The fourth-order valence-electron chi connectivity index (χ4n) is 1.98. The number of halogens is 1. The Morgan fingerprint density at radius 2 is 2.35 bits per heavy atom. The topological polar surface area (TPSA) is 78.5 Å². The first-order valence-corrected chi connectivity index (χ1v) is 8.83. The van der Waals surface area contributed by atoms with Crippen LogP contribution in [0.5, 0.6) is 0 Å². The summed E-state index contributed by atoms with van der Waals surface area (Å²) in [6, 6.07) is 3.01. The molecule has 0 radical (unpaired) electrons. The van der Waals surface area contributed by atoms with Crippen molar-refractivity contribution in [3.8, 4) is 0 Å². The van der Waals surface area contributed by atoms with Crippen LogP contribution in [0.3, 0.4) is 0 Å². The minimum Gasteiger partial charge on any atom is -0.336 e. The number of piperazine rings is 1. The predicted molar refractivity (Wildman–Crippen MR) is 78.6 cm³/mol. The largest absolute Gasteiger partial charge is 0.336 e. The van der Waals surface area contributed by atoms with Gasteiger partial charge in [-0.2, -0.15) is 0 Å². The van der Waals surface area contributed by atoms with Crippen LogP contribution in [0.25, 0.3) is 0 Å². The number of hydrogen-bond donors (Lipinski definition) is 2. The highest BCUT2D eigenvalue weighted by Crippen LogP contribution is 2.25. The van der Waals surface area contributed by atoms with E-state index < -0.39 is 10.0 Å². The van der Waals surface area contributed by atoms with Gasteiger partial charge in [0.2, 0.25) is 5.91 Å². The van der Waals surface area contributed by atoms with E-state index in [9.17, 15) is 13.2 Å². The van der Waals surface area contributed by atoms with Crippen molar-refractivity contribution in [3.05, 3.63) is 16.5 Å². The van der Waals surface area contributed by atoms with E-state index in [0.717, 1.165) is 24.4 Å². The first-order valence-electron chi connectivity index (χ1n) is 6.15. The number of amides is 1. The number of carbonyl (C=O) groups is 1. The lowest BCUT2D eigenvalue weighted by Gasteiger charge is -2.34. The van der Waals surface area contributed by atoms with Gasteiger partial charge in [0.25, 0.3) is 10.0 Å². The van der Waals surface area contributed by atoms with E-state index in [0.29, 0.717) is 10.9 Å². The van der Waals surface area contributed by atoms with Crippen molar-refractivity contribution in [2.45, 2.75) is 17.2 Å². The normalized spacial score (nSPS) is 20.1. The van der Waals surface area contributed by atoms with Crippen molar-refractivity contribution in [1.29, 1.82) is 0 Å². The predicted octanol–water partition coefficient (Wildman–Crippen LogP) is 0.500. The molecule has 0 saturated carbocycles. The third-order valence-electron chi connectivity index (χ3n) is 3.05. The molecular formula is C11H16ClN3O3S2. The lowest BCUT2D eigenvalue weighted by Crippen LogP contribution is -2.54. The molecule has 1 aromatic rings. The maximum atomic E-state index is 12.0. The molecule has 20 heavy (non-hydrogen) atoms. The molecule has 0 bridgehead atoms. The van der Waals surface area contributed by atoms with Gasteiger partial charge < -0.3 is 10.2 Å². The summed E-state index contributed by atoms with van der Waals surface area (Å²) in [5.74, 6) is -0.217. The van der Waals surface area contributed by atoms with Crippen LogP contribution >= 0.6 is 22.9 Å². The Labute approximate surface area is 127 Å². The van der Waals surface area contributed by atoms with Crippen LogP contribution in [0.1, 0.15) is 6.92 Å². The zero-order valence-electron chi connectivity index (χ0n) is 10.9. The number of sulfonamides is 1. The molecule has 2 heterocycles. The summed E-state index contributed by atoms with van der Waals surface area (Å²) in [5, 5.41) is 3.17. The summed E-state index contributed by atoms with van der Waals surface area (Å²) in [7, 11) is -3.67. The van der Waals surface area contributed by atoms with E-state index in [1.165, 1.54) is 12.1 Å². The van der Waals surface area contributed by atoms with Gasteiger partial charge >= 0.3 is 0 Å². The van der Waals surface area contributed by atoms with Gasteiger partial charge in [0.1, 0.15) is 4.21 Å². The molecule has 1 aromatic heterocycles. The second-order valence-corrected chi connectivity index (χ2v) is 8.23. The lowest BCUT2D eigenvalue weighted by atomic mass is 10.2. The van der Waals surface area contributed by atoms with Crippen LogP contribution in [0.15, 0.2) is 16.3 Å². The molecule has 112 valence electrons. The van der Waals surface area contributed by atoms with Crippen molar-refractivity contribution < 1.29 is 13.2 Å². The molecule has 9 heteroatoms. The average Bonchev–Trinajstić information content (AvgIpc) is 2.84. The molecule has 1 atom stereocenters. The van der Waals surface area contributed by atoms with E-state index in [2.05, 4.69) is 10.0 Å². The quantitative estimate of drug-likeness (QED) is 0.838. The summed E-state index contributed by atoms with van der Waals surface area (Å²) in [5.41, 5.74) is 0. The molecule has 1 unspecified atom stereocenters. The van der Waals surface area contributed by atoms with E-state index >= 15 is 0 Å². The summed E-state index contributed by atoms with van der Waals surface area (Å²) < 4.78 is 26.8. The summed E-state index contributed by atoms with van der Waals surface area (Å²) in [4.78, 5) is 13.7. The van der Waals surface area contributed by atoms with E-state index in [1.54, 1.807) is 4.90 Å². The Morgan fingerprint density at radius 1 is 1.60 bits per heavy atom. The zero-order valence-corrected chi connectivity index (χ0v) is 13.3. The van der Waals surface area contributed by atoms with E-state index in [1.807, 2.05) is 6.92 Å². The van der Waals surface area contributed by atoms with Gasteiger partial charge in [0.15, 0.2) is 0 Å². The number of rotatable bonds is 4. The molecule has 0 spiro atoms. The Bertz CT molecular complexity index is 587. The molecule has 1 fully saturated rings. The molecule has 1 saturated heterocycles. The fraction of sp³-hybridized carbons (Fsp3) is 0.545. The van der Waals surface area contributed by atoms with Gasteiger partial charge in [0, 0.05) is 25.7 Å². The Hall–Kier alpha value is -0.670. The van der Waals surface area contributed by atoms with Crippen molar-refractivity contribution >= 4 is 38.9 Å². The second kappa shape index (κ2) is 6.40. The minimum atomic E-state index is -3.67. The standard InChI is InChI=1S/C11H16ClN3O3S2/c1-8-6-13-4-5-15(8)10(16)7-14-20(17,18)11-3-2-9(12)19-11/h2-3,8,13-14H,4-7H2,1H3. The Morgan fingerprint density at radius 3 is 2.95 bits per heavy atom. The summed E-state index contributed by atoms with van der Waals surface area (Å²) >= 11 is 6.68. The number of hydrogen-bond acceptors (Lipinski definition) is 5. The highest BCUT2D eigenvalue weighted by molar-refractivity contribution is 7.91. The first-order chi connectivity index (χ1) is 9.40. The van der Waals surface area contributed by atoms with Crippen molar-refractivity contribution in [2.75, 3.05) is 26.2 Å². The Balaban J connectivity index is 1.96. The maximum absolute atomic E-state index is 12.0. The van der Waals surface area contributed by atoms with Crippen molar-refractivity contribution in [1.82, 2.24) is 14.9 Å². The number of nitrogens with zero attached hydrogens (tertiary/aromatic N) is 1. The van der Waals surface area contributed by atoms with E-state index in [-0.39, 0.29) is 22.7 Å². The maximum Gasteiger partial charge on any atom is 0.250 e. The lowest BCUT2D eigenvalue weighted by molar-refractivity contribution is -0.132. The van der Waals surface area contributed by atoms with Crippen LogP contribution in [0.4, 0.5) is 0 Å². The molecular weight excluding hydrogens is 322 g/mol. The van der Waals surface area contributed by atoms with Crippen molar-refractivity contribution in [3.63, 3.8) is 0 Å². The SMILES string of the molecule is CC1CNCCN1C(=O)CNS(=O)(=O)c1ccc(Cl)s1. The third-order valence-corrected chi connectivity index (χ3v) is 6.17. The second-order valence-electron chi connectivity index (χ2n) is 4.52. The first kappa shape index (κ1) is 15.7. The summed E-state index contributed by atoms with van der Waals surface area (Å²) in [6.07, 6.45) is 0. The van der Waals surface area contributed by atoms with E-state index in [4.69, 9.17) is 11.6 Å². The van der Waals surface area contributed by atoms with Gasteiger partial charge in [0.05, 0.1) is 10.9 Å². The highest BCUT2D eigenvalue weighted by Gasteiger charge is 2.25. The fourth-order valence-corrected chi connectivity index (χ4v) is 4.48. The monoisotopic (exact) mass is 337 g/mol. The number of carbonyl (C=O) groups excluding carboxylic acids is 1. The van der Waals surface area contributed by atoms with Crippen LogP contribution in [-0.2, 0) is 14.8 Å². The molecule has 0 aliphatic carbocycles. The smallest absolute Gasteiger partial charge is 0.250 e. The molecule has 1 aliphatic heterocycles. The van der Waals surface area contributed by atoms with Crippen LogP contribution in [0, 0.1) is 0 Å². The van der Waals surface area contributed by atoms with Gasteiger partial charge in [-0.3, -0.25) is 4.79 Å². The van der Waals surface area contributed by atoms with Crippen LogP contribution in [0.2, 0.25) is 4.34 Å². The highest BCUT2D eigenvalue weighted by atomic mass is 35.5. The zero-order chi connectivity index (χ0) is 14.8. The molecule has 1 aliphatic rings. The molecule has 1 amide bonds.